The predicted octanol–water partition coefficient (Wildman–Crippen LogP) is 1.17. The van der Waals surface area contributed by atoms with Gasteiger partial charge in [0.25, 0.3) is 11.8 Å². The van der Waals surface area contributed by atoms with Gasteiger partial charge in [-0.05, 0) is 31.4 Å². The van der Waals surface area contributed by atoms with E-state index in [1.54, 1.807) is 26.0 Å². The van der Waals surface area contributed by atoms with E-state index in [4.69, 9.17) is 10.5 Å². The highest BCUT2D eigenvalue weighted by Crippen LogP contribution is 2.10. The molecule has 0 aliphatic carbocycles. The zero-order valence-electron chi connectivity index (χ0n) is 13.3. The molecule has 120 valence electrons. The van der Waals surface area contributed by atoms with Crippen molar-refractivity contribution >= 4 is 17.8 Å². The zero-order chi connectivity index (χ0) is 16.9. The third-order valence-electron chi connectivity index (χ3n) is 3.29. The second-order valence-corrected chi connectivity index (χ2v) is 5.49. The molecule has 1 aromatic rings. The average molecular weight is 306 g/mol. The Labute approximate surface area is 130 Å². The number of benzene rings is 1. The summed E-state index contributed by atoms with van der Waals surface area (Å²) in [6.45, 7) is 6.76. The molecule has 6 nitrogen and oxygen atoms in total. The average Bonchev–Trinajstić information content (AvgIpc) is 2.44. The van der Waals surface area contributed by atoms with Crippen LogP contribution in [0.5, 0.6) is 0 Å². The number of primary amides is 1. The number of amides is 2. The molecule has 2 atom stereocenters. The van der Waals surface area contributed by atoms with Crippen LogP contribution in [0.3, 0.4) is 0 Å². The van der Waals surface area contributed by atoms with Crippen molar-refractivity contribution < 1.29 is 19.1 Å². The molecule has 0 aliphatic heterocycles. The first-order valence-electron chi connectivity index (χ1n) is 7.10. The molecular weight excluding hydrogens is 284 g/mol. The molecule has 0 heterocycles. The maximum atomic E-state index is 12.3. The standard InChI is InChI=1S/C16H22N2O4/c1-9(2)13(16(21)22-11(4)14(17)19)18-15(20)12-8-6-5-7-10(12)3/h5-9,11,13H,1-4H3,(H2,17,19)(H,18,20)/t11-,13-/m1/s1. The van der Waals surface area contributed by atoms with E-state index >= 15 is 0 Å². The SMILES string of the molecule is Cc1ccccc1C(=O)N[C@@H](C(=O)O[C@H](C)C(N)=O)C(C)C. The van der Waals surface area contributed by atoms with Gasteiger partial charge in [0.2, 0.25) is 0 Å². The van der Waals surface area contributed by atoms with E-state index in [1.165, 1.54) is 6.92 Å². The molecule has 0 unspecified atom stereocenters. The highest BCUT2D eigenvalue weighted by Gasteiger charge is 2.28. The second-order valence-electron chi connectivity index (χ2n) is 5.49. The molecule has 22 heavy (non-hydrogen) atoms. The molecule has 0 aromatic heterocycles. The molecule has 0 aliphatic rings. The van der Waals surface area contributed by atoms with Crippen LogP contribution in [0.1, 0.15) is 36.7 Å². The van der Waals surface area contributed by atoms with Gasteiger partial charge in [0.05, 0.1) is 0 Å². The largest absolute Gasteiger partial charge is 0.451 e. The van der Waals surface area contributed by atoms with E-state index in [9.17, 15) is 14.4 Å². The second kappa shape index (κ2) is 7.59. The van der Waals surface area contributed by atoms with Crippen LogP contribution in [0.15, 0.2) is 24.3 Å². The number of hydrogen-bond acceptors (Lipinski definition) is 4. The van der Waals surface area contributed by atoms with Gasteiger partial charge in [0, 0.05) is 5.56 Å². The molecule has 0 radical (unpaired) electrons. The fourth-order valence-corrected chi connectivity index (χ4v) is 1.85. The van der Waals surface area contributed by atoms with Crippen LogP contribution in [-0.2, 0) is 14.3 Å². The van der Waals surface area contributed by atoms with Crippen molar-refractivity contribution in [2.75, 3.05) is 0 Å². The van der Waals surface area contributed by atoms with Crippen LogP contribution < -0.4 is 11.1 Å². The Balaban J connectivity index is 2.84. The quantitative estimate of drug-likeness (QED) is 0.771. The fraction of sp³-hybridized carbons (Fsp3) is 0.438. The van der Waals surface area contributed by atoms with Gasteiger partial charge in [0.1, 0.15) is 6.04 Å². The topological polar surface area (TPSA) is 98.5 Å². The summed E-state index contributed by atoms with van der Waals surface area (Å²) in [5.74, 6) is -1.97. The van der Waals surface area contributed by atoms with E-state index < -0.39 is 24.0 Å². The van der Waals surface area contributed by atoms with Crippen LogP contribution in [0.4, 0.5) is 0 Å². The minimum atomic E-state index is -1.04. The summed E-state index contributed by atoms with van der Waals surface area (Å²) >= 11 is 0. The molecule has 0 bridgehead atoms. The maximum absolute atomic E-state index is 12.3. The van der Waals surface area contributed by atoms with Crippen molar-refractivity contribution in [2.45, 2.75) is 39.8 Å². The molecule has 1 rings (SSSR count). The Morgan fingerprint density at radius 1 is 1.14 bits per heavy atom. The monoisotopic (exact) mass is 306 g/mol. The van der Waals surface area contributed by atoms with Crippen molar-refractivity contribution in [1.82, 2.24) is 5.32 Å². The normalized spacial score (nSPS) is 13.3. The molecule has 3 N–H and O–H groups in total. The summed E-state index contributed by atoms with van der Waals surface area (Å²) < 4.78 is 4.97. The number of carbonyl (C=O) groups excluding carboxylic acids is 3. The van der Waals surface area contributed by atoms with Crippen LogP contribution in [0.2, 0.25) is 0 Å². The summed E-state index contributed by atoms with van der Waals surface area (Å²) in [4.78, 5) is 35.4. The number of rotatable bonds is 6. The van der Waals surface area contributed by atoms with Gasteiger partial charge in [-0.2, -0.15) is 0 Å². The van der Waals surface area contributed by atoms with Crippen molar-refractivity contribution in [3.05, 3.63) is 35.4 Å². The Kier molecular flexibility index (Phi) is 6.10. The summed E-state index contributed by atoms with van der Waals surface area (Å²) in [7, 11) is 0. The van der Waals surface area contributed by atoms with Crippen LogP contribution >= 0.6 is 0 Å². The number of aryl methyl sites for hydroxylation is 1. The summed E-state index contributed by atoms with van der Waals surface area (Å²) in [6, 6.07) is 6.22. The fourth-order valence-electron chi connectivity index (χ4n) is 1.85. The number of hydrogen-bond donors (Lipinski definition) is 2. The Hall–Kier alpha value is -2.37. The van der Waals surface area contributed by atoms with Crippen molar-refractivity contribution in [3.63, 3.8) is 0 Å². The number of nitrogens with two attached hydrogens (primary N) is 1. The van der Waals surface area contributed by atoms with E-state index in [0.29, 0.717) is 5.56 Å². The van der Waals surface area contributed by atoms with Gasteiger partial charge in [-0.1, -0.05) is 32.0 Å². The van der Waals surface area contributed by atoms with Gasteiger partial charge in [-0.15, -0.1) is 0 Å². The maximum Gasteiger partial charge on any atom is 0.329 e. The Morgan fingerprint density at radius 2 is 1.73 bits per heavy atom. The first kappa shape index (κ1) is 17.7. The summed E-state index contributed by atoms with van der Waals surface area (Å²) in [5.41, 5.74) is 6.37. The summed E-state index contributed by atoms with van der Waals surface area (Å²) in [6.07, 6.45) is -1.04. The zero-order valence-corrected chi connectivity index (χ0v) is 13.3. The Morgan fingerprint density at radius 3 is 2.23 bits per heavy atom. The predicted molar refractivity (Wildman–Crippen MR) is 82.0 cm³/mol. The molecule has 0 saturated heterocycles. The molecule has 1 aromatic carbocycles. The third kappa shape index (κ3) is 4.58. The molecule has 0 saturated carbocycles. The first-order valence-corrected chi connectivity index (χ1v) is 7.10. The highest BCUT2D eigenvalue weighted by molar-refractivity contribution is 5.98. The lowest BCUT2D eigenvalue weighted by Gasteiger charge is -2.22. The van der Waals surface area contributed by atoms with Gasteiger partial charge in [-0.25, -0.2) is 4.79 Å². The lowest BCUT2D eigenvalue weighted by atomic mass is 10.0. The van der Waals surface area contributed by atoms with E-state index in [0.717, 1.165) is 5.56 Å². The molecule has 6 heteroatoms. The Bertz CT molecular complexity index is 569. The number of carbonyl (C=O) groups is 3. The van der Waals surface area contributed by atoms with Crippen LogP contribution in [0, 0.1) is 12.8 Å². The van der Waals surface area contributed by atoms with Gasteiger partial charge in [0.15, 0.2) is 6.10 Å². The highest BCUT2D eigenvalue weighted by atomic mass is 16.5. The minimum Gasteiger partial charge on any atom is -0.451 e. The number of ether oxygens (including phenoxy) is 1. The van der Waals surface area contributed by atoms with Gasteiger partial charge < -0.3 is 15.8 Å². The number of nitrogens with one attached hydrogen (secondary N) is 1. The molecule has 0 fully saturated rings. The van der Waals surface area contributed by atoms with Crippen molar-refractivity contribution in [2.24, 2.45) is 11.7 Å². The minimum absolute atomic E-state index is 0.194. The van der Waals surface area contributed by atoms with Crippen LogP contribution in [-0.4, -0.2) is 29.9 Å². The first-order chi connectivity index (χ1) is 10.2. The van der Waals surface area contributed by atoms with E-state index in [2.05, 4.69) is 5.32 Å². The van der Waals surface area contributed by atoms with Crippen molar-refractivity contribution in [1.29, 1.82) is 0 Å². The summed E-state index contributed by atoms with van der Waals surface area (Å²) in [5, 5.41) is 2.65. The van der Waals surface area contributed by atoms with Gasteiger partial charge in [-0.3, -0.25) is 9.59 Å². The smallest absolute Gasteiger partial charge is 0.329 e. The van der Waals surface area contributed by atoms with E-state index in [-0.39, 0.29) is 11.8 Å². The molecule has 2 amide bonds. The lowest BCUT2D eigenvalue weighted by molar-refractivity contribution is -0.156. The third-order valence-corrected chi connectivity index (χ3v) is 3.29. The van der Waals surface area contributed by atoms with Gasteiger partial charge >= 0.3 is 5.97 Å². The molecular formula is C16H22N2O4. The van der Waals surface area contributed by atoms with Crippen molar-refractivity contribution in [3.8, 4) is 0 Å². The lowest BCUT2D eigenvalue weighted by Crippen LogP contribution is -2.47. The molecule has 0 spiro atoms. The van der Waals surface area contributed by atoms with Crippen LogP contribution in [0.25, 0.3) is 0 Å². The number of esters is 1. The van der Waals surface area contributed by atoms with E-state index in [1.807, 2.05) is 19.1 Å².